The number of hydrogen-bond acceptors (Lipinski definition) is 2. The van der Waals surface area contributed by atoms with Crippen LogP contribution in [0, 0.1) is 0 Å². The third-order valence-electron chi connectivity index (χ3n) is 3.53. The van der Waals surface area contributed by atoms with Crippen molar-refractivity contribution in [3.05, 3.63) is 34.9 Å². The van der Waals surface area contributed by atoms with E-state index in [0.29, 0.717) is 12.1 Å². The van der Waals surface area contributed by atoms with Crippen molar-refractivity contribution in [2.75, 3.05) is 13.2 Å². The summed E-state index contributed by atoms with van der Waals surface area (Å²) in [4.78, 5) is 0. The zero-order valence-electron chi connectivity index (χ0n) is 11.0. The van der Waals surface area contributed by atoms with E-state index < -0.39 is 0 Å². The maximum Gasteiger partial charge on any atom is 0.0699 e. The molecule has 1 saturated heterocycles. The first kappa shape index (κ1) is 13.9. The van der Waals surface area contributed by atoms with Crippen LogP contribution in [0.25, 0.3) is 0 Å². The Bertz CT molecular complexity index is 363. The Kier molecular flexibility index (Phi) is 5.48. The van der Waals surface area contributed by atoms with Crippen LogP contribution in [0.15, 0.2) is 24.3 Å². The van der Waals surface area contributed by atoms with Gasteiger partial charge in [-0.15, -0.1) is 0 Å². The fraction of sp³-hybridized carbons (Fsp3) is 0.600. The number of rotatable bonds is 5. The van der Waals surface area contributed by atoms with Crippen LogP contribution in [-0.2, 0) is 4.74 Å². The Hall–Kier alpha value is -0.570. The maximum atomic E-state index is 6.04. The van der Waals surface area contributed by atoms with E-state index in [9.17, 15) is 0 Å². The lowest BCUT2D eigenvalue weighted by Gasteiger charge is -2.26. The number of nitrogens with one attached hydrogen (secondary N) is 1. The average Bonchev–Trinajstić information content (AvgIpc) is 2.41. The lowest BCUT2D eigenvalue weighted by molar-refractivity contribution is 0.0152. The second-order valence-corrected chi connectivity index (χ2v) is 5.35. The van der Waals surface area contributed by atoms with Gasteiger partial charge in [-0.2, -0.15) is 0 Å². The molecule has 1 aliphatic heterocycles. The first-order chi connectivity index (χ1) is 8.79. The van der Waals surface area contributed by atoms with E-state index in [1.54, 1.807) is 0 Å². The van der Waals surface area contributed by atoms with Crippen molar-refractivity contribution in [1.29, 1.82) is 0 Å². The third-order valence-corrected chi connectivity index (χ3v) is 3.76. The molecule has 2 unspecified atom stereocenters. The number of ether oxygens (including phenoxy) is 1. The maximum absolute atomic E-state index is 6.04. The molecular weight excluding hydrogens is 246 g/mol. The van der Waals surface area contributed by atoms with Gasteiger partial charge in [-0.3, -0.25) is 0 Å². The Morgan fingerprint density at radius 1 is 1.44 bits per heavy atom. The van der Waals surface area contributed by atoms with E-state index >= 15 is 0 Å². The van der Waals surface area contributed by atoms with Crippen molar-refractivity contribution in [3.8, 4) is 0 Å². The van der Waals surface area contributed by atoms with Crippen molar-refractivity contribution in [3.63, 3.8) is 0 Å². The van der Waals surface area contributed by atoms with Crippen molar-refractivity contribution in [2.24, 2.45) is 0 Å². The summed E-state index contributed by atoms with van der Waals surface area (Å²) in [5, 5.41) is 4.41. The molecule has 1 heterocycles. The summed E-state index contributed by atoms with van der Waals surface area (Å²) in [5.41, 5.74) is 1.26. The SMILES string of the molecule is CCC(NCC1CCCCO1)c1cccc(Cl)c1. The standard InChI is InChI=1S/C15H22ClNO/c1-2-15(12-6-5-7-13(16)10-12)17-11-14-8-3-4-9-18-14/h5-7,10,14-15,17H,2-4,8-9,11H2,1H3. The highest BCUT2D eigenvalue weighted by Crippen LogP contribution is 2.21. The quantitative estimate of drug-likeness (QED) is 0.872. The Labute approximate surface area is 115 Å². The average molecular weight is 268 g/mol. The van der Waals surface area contributed by atoms with Gasteiger partial charge in [0.05, 0.1) is 6.10 Å². The van der Waals surface area contributed by atoms with Gasteiger partial charge in [0, 0.05) is 24.2 Å². The number of benzene rings is 1. The van der Waals surface area contributed by atoms with E-state index in [1.165, 1.54) is 24.8 Å². The van der Waals surface area contributed by atoms with E-state index in [1.807, 2.05) is 18.2 Å². The van der Waals surface area contributed by atoms with Gasteiger partial charge in [0.1, 0.15) is 0 Å². The van der Waals surface area contributed by atoms with Gasteiger partial charge in [-0.05, 0) is 43.4 Å². The molecule has 100 valence electrons. The zero-order valence-corrected chi connectivity index (χ0v) is 11.7. The molecule has 0 saturated carbocycles. The summed E-state index contributed by atoms with van der Waals surface area (Å²) in [6.07, 6.45) is 5.13. The van der Waals surface area contributed by atoms with E-state index in [0.717, 1.165) is 24.6 Å². The summed E-state index contributed by atoms with van der Waals surface area (Å²) in [6.45, 7) is 4.05. The molecule has 3 heteroatoms. The monoisotopic (exact) mass is 267 g/mol. The molecule has 1 aromatic carbocycles. The van der Waals surface area contributed by atoms with Gasteiger partial charge >= 0.3 is 0 Å². The summed E-state index contributed by atoms with van der Waals surface area (Å²) in [6, 6.07) is 8.48. The third kappa shape index (κ3) is 3.98. The smallest absolute Gasteiger partial charge is 0.0699 e. The predicted octanol–water partition coefficient (Wildman–Crippen LogP) is 3.95. The summed E-state index contributed by atoms with van der Waals surface area (Å²) in [5.74, 6) is 0. The van der Waals surface area contributed by atoms with Gasteiger partial charge in [0.2, 0.25) is 0 Å². The zero-order chi connectivity index (χ0) is 12.8. The Balaban J connectivity index is 1.88. The highest BCUT2D eigenvalue weighted by Gasteiger charge is 2.16. The fourth-order valence-electron chi connectivity index (χ4n) is 2.46. The Morgan fingerprint density at radius 2 is 2.33 bits per heavy atom. The van der Waals surface area contributed by atoms with Crippen LogP contribution in [-0.4, -0.2) is 19.3 Å². The Morgan fingerprint density at radius 3 is 3.00 bits per heavy atom. The van der Waals surface area contributed by atoms with Crippen LogP contribution in [0.5, 0.6) is 0 Å². The van der Waals surface area contributed by atoms with E-state index in [2.05, 4.69) is 18.3 Å². The highest BCUT2D eigenvalue weighted by molar-refractivity contribution is 6.30. The first-order valence-corrected chi connectivity index (χ1v) is 7.28. The molecule has 0 aromatic heterocycles. The second kappa shape index (κ2) is 7.13. The molecule has 0 spiro atoms. The molecule has 0 bridgehead atoms. The summed E-state index contributed by atoms with van der Waals surface area (Å²) < 4.78 is 5.74. The van der Waals surface area contributed by atoms with E-state index in [-0.39, 0.29) is 0 Å². The van der Waals surface area contributed by atoms with Crippen LogP contribution in [0.3, 0.4) is 0 Å². The predicted molar refractivity (Wildman–Crippen MR) is 76.1 cm³/mol. The highest BCUT2D eigenvalue weighted by atomic mass is 35.5. The molecular formula is C15H22ClNO. The lowest BCUT2D eigenvalue weighted by Crippen LogP contribution is -2.34. The van der Waals surface area contributed by atoms with Crippen LogP contribution >= 0.6 is 11.6 Å². The van der Waals surface area contributed by atoms with Gasteiger partial charge in [-0.1, -0.05) is 30.7 Å². The number of hydrogen-bond donors (Lipinski definition) is 1. The molecule has 1 N–H and O–H groups in total. The molecule has 2 atom stereocenters. The van der Waals surface area contributed by atoms with Crippen molar-refractivity contribution < 1.29 is 4.74 Å². The van der Waals surface area contributed by atoms with Crippen LogP contribution in [0.4, 0.5) is 0 Å². The minimum Gasteiger partial charge on any atom is -0.377 e. The summed E-state index contributed by atoms with van der Waals surface area (Å²) >= 11 is 6.04. The van der Waals surface area contributed by atoms with Gasteiger partial charge in [0.25, 0.3) is 0 Å². The van der Waals surface area contributed by atoms with Gasteiger partial charge in [-0.25, -0.2) is 0 Å². The van der Waals surface area contributed by atoms with Gasteiger partial charge in [0.15, 0.2) is 0 Å². The normalized spacial score (nSPS) is 21.8. The first-order valence-electron chi connectivity index (χ1n) is 6.90. The van der Waals surface area contributed by atoms with Crippen molar-refractivity contribution in [2.45, 2.75) is 44.8 Å². The molecule has 2 nitrogen and oxygen atoms in total. The minimum atomic E-state index is 0.370. The molecule has 1 aliphatic rings. The van der Waals surface area contributed by atoms with Crippen LogP contribution in [0.1, 0.15) is 44.2 Å². The van der Waals surface area contributed by atoms with E-state index in [4.69, 9.17) is 16.3 Å². The molecule has 0 amide bonds. The fourth-order valence-corrected chi connectivity index (χ4v) is 2.66. The van der Waals surface area contributed by atoms with Crippen LogP contribution < -0.4 is 5.32 Å². The topological polar surface area (TPSA) is 21.3 Å². The second-order valence-electron chi connectivity index (χ2n) is 4.91. The summed E-state index contributed by atoms with van der Waals surface area (Å²) in [7, 11) is 0. The van der Waals surface area contributed by atoms with Gasteiger partial charge < -0.3 is 10.1 Å². The lowest BCUT2D eigenvalue weighted by atomic mass is 10.0. The molecule has 2 rings (SSSR count). The van der Waals surface area contributed by atoms with Crippen LogP contribution in [0.2, 0.25) is 5.02 Å². The minimum absolute atomic E-state index is 0.370. The largest absolute Gasteiger partial charge is 0.377 e. The molecule has 1 aromatic rings. The van der Waals surface area contributed by atoms with Crippen molar-refractivity contribution >= 4 is 11.6 Å². The molecule has 18 heavy (non-hydrogen) atoms. The molecule has 0 aliphatic carbocycles. The molecule has 0 radical (unpaired) electrons. The molecule has 1 fully saturated rings. The van der Waals surface area contributed by atoms with Crippen molar-refractivity contribution in [1.82, 2.24) is 5.32 Å². The number of halogens is 1.